The third kappa shape index (κ3) is 4.22. The Kier molecular flexibility index (Phi) is 5.67. The van der Waals surface area contributed by atoms with Crippen LogP contribution in [0.4, 0.5) is 8.78 Å². The quantitative estimate of drug-likeness (QED) is 0.904. The normalized spacial score (nSPS) is 19.1. The summed E-state index contributed by atoms with van der Waals surface area (Å²) >= 11 is 0. The zero-order chi connectivity index (χ0) is 15.4. The van der Waals surface area contributed by atoms with Gasteiger partial charge in [-0.2, -0.15) is 0 Å². The summed E-state index contributed by atoms with van der Waals surface area (Å²) in [5, 5.41) is 0. The van der Waals surface area contributed by atoms with Crippen LogP contribution in [-0.2, 0) is 0 Å². The number of nitrogens with zero attached hydrogens (tertiary/aromatic N) is 2. The summed E-state index contributed by atoms with van der Waals surface area (Å²) in [5.41, 5.74) is 6.17. The average molecular weight is 297 g/mol. The highest BCUT2D eigenvalue weighted by Gasteiger charge is 2.24. The maximum absolute atomic E-state index is 13.9. The van der Waals surface area contributed by atoms with Crippen molar-refractivity contribution < 1.29 is 8.78 Å². The van der Waals surface area contributed by atoms with Crippen molar-refractivity contribution in [3.05, 3.63) is 35.4 Å². The van der Waals surface area contributed by atoms with Crippen molar-refractivity contribution in [1.82, 2.24) is 9.80 Å². The summed E-state index contributed by atoms with van der Waals surface area (Å²) in [6, 6.07) is 3.30. The average Bonchev–Trinajstić information content (AvgIpc) is 2.46. The number of benzene rings is 1. The van der Waals surface area contributed by atoms with Crippen LogP contribution in [0.15, 0.2) is 18.2 Å². The highest BCUT2D eigenvalue weighted by atomic mass is 19.1. The van der Waals surface area contributed by atoms with Crippen molar-refractivity contribution in [2.75, 3.05) is 40.3 Å². The van der Waals surface area contributed by atoms with Crippen molar-refractivity contribution in [1.29, 1.82) is 0 Å². The van der Waals surface area contributed by atoms with Gasteiger partial charge >= 0.3 is 0 Å². The molecule has 118 valence electrons. The van der Waals surface area contributed by atoms with Gasteiger partial charge in [-0.05, 0) is 64.1 Å². The molecule has 1 aliphatic rings. The number of halogens is 2. The molecule has 2 N–H and O–H groups in total. The van der Waals surface area contributed by atoms with Crippen molar-refractivity contribution >= 4 is 0 Å². The van der Waals surface area contributed by atoms with Crippen molar-refractivity contribution in [2.45, 2.75) is 18.9 Å². The lowest BCUT2D eigenvalue weighted by Gasteiger charge is -2.35. The Morgan fingerprint density at radius 3 is 2.62 bits per heavy atom. The predicted octanol–water partition coefficient (Wildman–Crippen LogP) is 2.24. The third-order valence-electron chi connectivity index (χ3n) is 4.46. The fourth-order valence-corrected chi connectivity index (χ4v) is 3.09. The van der Waals surface area contributed by atoms with Gasteiger partial charge in [0.25, 0.3) is 0 Å². The molecule has 2 rings (SSSR count). The molecule has 0 bridgehead atoms. The summed E-state index contributed by atoms with van der Waals surface area (Å²) in [4.78, 5) is 4.39. The van der Waals surface area contributed by atoms with Gasteiger partial charge in [0.15, 0.2) is 0 Å². The second-order valence-corrected chi connectivity index (χ2v) is 6.10. The van der Waals surface area contributed by atoms with E-state index < -0.39 is 5.82 Å². The first kappa shape index (κ1) is 16.3. The first-order valence-electron chi connectivity index (χ1n) is 7.55. The van der Waals surface area contributed by atoms with Gasteiger partial charge in [0.2, 0.25) is 0 Å². The Bertz CT molecular complexity index is 459. The minimum absolute atomic E-state index is 0.277. The standard InChI is InChI=1S/C16H25F2N3/c1-20-7-5-12(6-8-20)11-21(2)16(10-19)14-9-13(17)3-4-15(14)18/h3-4,9,12,16H,5-8,10-11,19H2,1-2H3. The number of likely N-dealkylation sites (tertiary alicyclic amines) is 1. The van der Waals surface area contributed by atoms with Crippen LogP contribution in [-0.4, -0.2) is 50.1 Å². The first-order valence-corrected chi connectivity index (χ1v) is 7.55. The lowest BCUT2D eigenvalue weighted by Crippen LogP contribution is -2.39. The van der Waals surface area contributed by atoms with E-state index in [4.69, 9.17) is 5.73 Å². The van der Waals surface area contributed by atoms with Gasteiger partial charge in [0.1, 0.15) is 11.6 Å². The highest BCUT2D eigenvalue weighted by molar-refractivity contribution is 5.22. The molecular weight excluding hydrogens is 272 g/mol. The molecule has 1 aromatic carbocycles. The van der Waals surface area contributed by atoms with Gasteiger partial charge in [0.05, 0.1) is 0 Å². The number of piperidine rings is 1. The van der Waals surface area contributed by atoms with Gasteiger partial charge in [-0.3, -0.25) is 4.90 Å². The fraction of sp³-hybridized carbons (Fsp3) is 0.625. The topological polar surface area (TPSA) is 32.5 Å². The van der Waals surface area contributed by atoms with Crippen LogP contribution in [0, 0.1) is 17.6 Å². The van der Waals surface area contributed by atoms with Gasteiger partial charge < -0.3 is 10.6 Å². The molecule has 0 amide bonds. The maximum Gasteiger partial charge on any atom is 0.128 e. The molecule has 0 aromatic heterocycles. The van der Waals surface area contributed by atoms with Crippen LogP contribution in [0.25, 0.3) is 0 Å². The van der Waals surface area contributed by atoms with E-state index >= 15 is 0 Å². The van der Waals surface area contributed by atoms with Crippen LogP contribution in [0.2, 0.25) is 0 Å². The Labute approximate surface area is 125 Å². The Balaban J connectivity index is 2.04. The SMILES string of the molecule is CN1CCC(CN(C)C(CN)c2cc(F)ccc2F)CC1. The molecule has 0 radical (unpaired) electrons. The van der Waals surface area contributed by atoms with E-state index in [1.807, 2.05) is 7.05 Å². The highest BCUT2D eigenvalue weighted by Crippen LogP contribution is 2.25. The second kappa shape index (κ2) is 7.29. The van der Waals surface area contributed by atoms with Gasteiger partial charge in [-0.15, -0.1) is 0 Å². The third-order valence-corrected chi connectivity index (χ3v) is 4.46. The van der Waals surface area contributed by atoms with Gasteiger partial charge in [-0.25, -0.2) is 8.78 Å². The van der Waals surface area contributed by atoms with E-state index in [1.165, 1.54) is 12.1 Å². The van der Waals surface area contributed by atoms with E-state index in [2.05, 4.69) is 16.8 Å². The molecule has 5 heteroatoms. The molecule has 1 fully saturated rings. The molecule has 0 saturated carbocycles. The van der Waals surface area contributed by atoms with Gasteiger partial charge in [0, 0.05) is 24.7 Å². The largest absolute Gasteiger partial charge is 0.329 e. The van der Waals surface area contributed by atoms with E-state index in [0.717, 1.165) is 38.5 Å². The van der Waals surface area contributed by atoms with Crippen LogP contribution < -0.4 is 5.73 Å². The van der Waals surface area contributed by atoms with Crippen LogP contribution in [0.3, 0.4) is 0 Å². The molecule has 0 aliphatic carbocycles. The number of hydrogen-bond donors (Lipinski definition) is 1. The number of hydrogen-bond acceptors (Lipinski definition) is 3. The van der Waals surface area contributed by atoms with Crippen LogP contribution in [0.5, 0.6) is 0 Å². The molecule has 0 spiro atoms. The monoisotopic (exact) mass is 297 g/mol. The second-order valence-electron chi connectivity index (χ2n) is 6.10. The summed E-state index contributed by atoms with van der Waals surface area (Å²) in [6.45, 7) is 3.34. The van der Waals surface area contributed by atoms with E-state index in [0.29, 0.717) is 11.5 Å². The number of likely N-dealkylation sites (N-methyl/N-ethyl adjacent to an activating group) is 1. The molecule has 21 heavy (non-hydrogen) atoms. The minimum Gasteiger partial charge on any atom is -0.329 e. The van der Waals surface area contributed by atoms with E-state index in [-0.39, 0.29) is 18.4 Å². The van der Waals surface area contributed by atoms with Crippen molar-refractivity contribution in [2.24, 2.45) is 11.7 Å². The van der Waals surface area contributed by atoms with E-state index in [9.17, 15) is 8.78 Å². The zero-order valence-electron chi connectivity index (χ0n) is 12.9. The Morgan fingerprint density at radius 1 is 1.33 bits per heavy atom. The molecule has 1 aliphatic heterocycles. The van der Waals surface area contributed by atoms with Crippen molar-refractivity contribution in [3.63, 3.8) is 0 Å². The summed E-state index contributed by atoms with van der Waals surface area (Å²) < 4.78 is 27.3. The van der Waals surface area contributed by atoms with E-state index in [1.54, 1.807) is 0 Å². The molecule has 3 nitrogen and oxygen atoms in total. The number of nitrogens with two attached hydrogens (primary N) is 1. The summed E-state index contributed by atoms with van der Waals surface area (Å²) in [5.74, 6) is -0.212. The molecule has 1 atom stereocenters. The predicted molar refractivity (Wildman–Crippen MR) is 81.0 cm³/mol. The molecule has 1 heterocycles. The van der Waals surface area contributed by atoms with Crippen LogP contribution in [0.1, 0.15) is 24.4 Å². The van der Waals surface area contributed by atoms with Gasteiger partial charge in [-0.1, -0.05) is 0 Å². The molecule has 1 aromatic rings. The lowest BCUT2D eigenvalue weighted by molar-refractivity contribution is 0.150. The minimum atomic E-state index is -0.419. The zero-order valence-corrected chi connectivity index (χ0v) is 12.9. The lowest BCUT2D eigenvalue weighted by atomic mass is 9.95. The molecule has 1 saturated heterocycles. The van der Waals surface area contributed by atoms with Crippen molar-refractivity contribution in [3.8, 4) is 0 Å². The molecule has 1 unspecified atom stereocenters. The summed E-state index contributed by atoms with van der Waals surface area (Å²) in [6.07, 6.45) is 2.29. The Hall–Kier alpha value is -1.04. The maximum atomic E-state index is 13.9. The first-order chi connectivity index (χ1) is 10.0. The fourth-order valence-electron chi connectivity index (χ4n) is 3.09. The molecular formula is C16H25F2N3. The number of rotatable bonds is 5. The Morgan fingerprint density at radius 2 is 2.00 bits per heavy atom. The summed E-state index contributed by atoms with van der Waals surface area (Å²) in [7, 11) is 4.07. The smallest absolute Gasteiger partial charge is 0.128 e. The van der Waals surface area contributed by atoms with Crippen LogP contribution >= 0.6 is 0 Å².